The minimum Gasteiger partial charge on any atom is -0.356 e. The topological polar surface area (TPSA) is 58.4 Å². The van der Waals surface area contributed by atoms with Gasteiger partial charge in [0.1, 0.15) is 0 Å². The van der Waals surface area contributed by atoms with E-state index < -0.39 is 0 Å². The second-order valence-corrected chi connectivity index (χ2v) is 5.56. The molecule has 1 aliphatic carbocycles. The molecule has 1 amide bonds. The quantitative estimate of drug-likeness (QED) is 0.825. The number of amides is 1. The number of carbonyl (C=O) groups is 1. The number of halogens is 2. The van der Waals surface area contributed by atoms with Gasteiger partial charge in [-0.25, -0.2) is 0 Å². The Kier molecular flexibility index (Phi) is 8.99. The zero-order valence-electron chi connectivity index (χ0n) is 11.6. The van der Waals surface area contributed by atoms with E-state index in [1.165, 1.54) is 13.0 Å². The Labute approximate surface area is 128 Å². The lowest BCUT2D eigenvalue weighted by Gasteiger charge is -2.15. The Balaban J connectivity index is 0.00000162. The number of nitrogens with zero attached hydrogens (tertiary/aromatic N) is 1. The molecule has 1 saturated carbocycles. The molecule has 2 rings (SSSR count). The van der Waals surface area contributed by atoms with Crippen molar-refractivity contribution in [1.29, 1.82) is 0 Å². The first-order chi connectivity index (χ1) is 8.19. The third-order valence-corrected chi connectivity index (χ3v) is 4.23. The van der Waals surface area contributed by atoms with Crippen molar-refractivity contribution in [1.82, 2.24) is 10.2 Å². The van der Waals surface area contributed by atoms with Crippen LogP contribution in [0.5, 0.6) is 0 Å². The van der Waals surface area contributed by atoms with Crippen molar-refractivity contribution in [3.05, 3.63) is 0 Å². The summed E-state index contributed by atoms with van der Waals surface area (Å²) in [5.41, 5.74) is 5.83. The van der Waals surface area contributed by atoms with Crippen molar-refractivity contribution in [2.24, 2.45) is 17.6 Å². The Morgan fingerprint density at radius 1 is 1.32 bits per heavy atom. The summed E-state index contributed by atoms with van der Waals surface area (Å²) in [7, 11) is 0. The van der Waals surface area contributed by atoms with E-state index in [0.29, 0.717) is 5.92 Å². The molecule has 0 aromatic heterocycles. The summed E-state index contributed by atoms with van der Waals surface area (Å²) in [4.78, 5) is 14.4. The highest BCUT2D eigenvalue weighted by Crippen LogP contribution is 2.24. The molecule has 2 aliphatic rings. The molecule has 0 bridgehead atoms. The largest absolute Gasteiger partial charge is 0.356 e. The minimum absolute atomic E-state index is 0. The first kappa shape index (κ1) is 19.0. The van der Waals surface area contributed by atoms with Crippen LogP contribution < -0.4 is 11.1 Å². The number of nitrogens with one attached hydrogen (secondary N) is 1. The number of nitrogens with two attached hydrogens (primary N) is 1. The van der Waals surface area contributed by atoms with E-state index in [2.05, 4.69) is 17.1 Å². The predicted molar refractivity (Wildman–Crippen MR) is 83.0 cm³/mol. The van der Waals surface area contributed by atoms with Crippen LogP contribution in [0, 0.1) is 11.8 Å². The predicted octanol–water partition coefficient (Wildman–Crippen LogP) is 1.42. The molecule has 1 heterocycles. The smallest absolute Gasteiger partial charge is 0.223 e. The second-order valence-electron chi connectivity index (χ2n) is 5.56. The van der Waals surface area contributed by atoms with Gasteiger partial charge in [0.05, 0.1) is 0 Å². The highest BCUT2D eigenvalue weighted by molar-refractivity contribution is 5.85. The van der Waals surface area contributed by atoms with E-state index in [0.717, 1.165) is 38.9 Å². The molecule has 0 aromatic carbocycles. The molecule has 3 unspecified atom stereocenters. The van der Waals surface area contributed by atoms with E-state index >= 15 is 0 Å². The summed E-state index contributed by atoms with van der Waals surface area (Å²) in [5, 5.41) is 3.11. The molecule has 0 radical (unpaired) electrons. The number of likely N-dealkylation sites (tertiary alicyclic amines) is 1. The van der Waals surface area contributed by atoms with E-state index in [-0.39, 0.29) is 42.7 Å². The van der Waals surface area contributed by atoms with Crippen LogP contribution in [0.1, 0.15) is 32.6 Å². The lowest BCUT2D eigenvalue weighted by Crippen LogP contribution is -2.35. The Morgan fingerprint density at radius 2 is 2.05 bits per heavy atom. The third kappa shape index (κ3) is 5.46. The van der Waals surface area contributed by atoms with Gasteiger partial charge in [0.25, 0.3) is 0 Å². The number of hydrogen-bond acceptors (Lipinski definition) is 3. The molecular formula is C13H27Cl2N3O. The van der Waals surface area contributed by atoms with Gasteiger partial charge in [-0.05, 0) is 44.7 Å². The van der Waals surface area contributed by atoms with Crippen LogP contribution in [0.15, 0.2) is 0 Å². The lowest BCUT2D eigenvalue weighted by molar-refractivity contribution is -0.125. The molecule has 1 aliphatic heterocycles. The fourth-order valence-corrected chi connectivity index (χ4v) is 3.01. The first-order valence-corrected chi connectivity index (χ1v) is 6.94. The maximum absolute atomic E-state index is 11.9. The summed E-state index contributed by atoms with van der Waals surface area (Å²) in [5.74, 6) is 1.05. The molecule has 114 valence electrons. The van der Waals surface area contributed by atoms with Crippen molar-refractivity contribution in [2.45, 2.75) is 38.6 Å². The van der Waals surface area contributed by atoms with E-state index in [9.17, 15) is 4.79 Å². The molecule has 6 heteroatoms. The molecular weight excluding hydrogens is 285 g/mol. The number of rotatable bonds is 4. The van der Waals surface area contributed by atoms with Gasteiger partial charge < -0.3 is 16.0 Å². The molecule has 2 fully saturated rings. The number of hydrogen-bond donors (Lipinski definition) is 2. The van der Waals surface area contributed by atoms with Gasteiger partial charge in [0, 0.05) is 25.0 Å². The Hall–Kier alpha value is -0.0300. The summed E-state index contributed by atoms with van der Waals surface area (Å²) in [6, 6.07) is 0.243. The fraction of sp³-hybridized carbons (Fsp3) is 0.923. The van der Waals surface area contributed by atoms with Gasteiger partial charge >= 0.3 is 0 Å². The van der Waals surface area contributed by atoms with E-state index in [1.54, 1.807) is 0 Å². The van der Waals surface area contributed by atoms with Gasteiger partial charge in [0.15, 0.2) is 0 Å². The zero-order valence-corrected chi connectivity index (χ0v) is 13.3. The summed E-state index contributed by atoms with van der Waals surface area (Å²) < 4.78 is 0. The maximum atomic E-state index is 11.9. The van der Waals surface area contributed by atoms with Crippen molar-refractivity contribution in [3.63, 3.8) is 0 Å². The molecule has 0 spiro atoms. The van der Waals surface area contributed by atoms with Crippen LogP contribution in [0.2, 0.25) is 0 Å². The molecule has 3 N–H and O–H groups in total. The van der Waals surface area contributed by atoms with Gasteiger partial charge in [-0.15, -0.1) is 24.8 Å². The van der Waals surface area contributed by atoms with Crippen LogP contribution in [-0.2, 0) is 4.79 Å². The lowest BCUT2D eigenvalue weighted by atomic mass is 10.1. The summed E-state index contributed by atoms with van der Waals surface area (Å²) in [6.45, 7) is 6.50. The highest BCUT2D eigenvalue weighted by atomic mass is 35.5. The summed E-state index contributed by atoms with van der Waals surface area (Å²) in [6.07, 6.45) is 4.07. The monoisotopic (exact) mass is 311 g/mol. The van der Waals surface area contributed by atoms with Crippen molar-refractivity contribution in [3.8, 4) is 0 Å². The van der Waals surface area contributed by atoms with Crippen LogP contribution in [0.3, 0.4) is 0 Å². The first-order valence-electron chi connectivity index (χ1n) is 6.94. The third-order valence-electron chi connectivity index (χ3n) is 4.23. The molecule has 4 nitrogen and oxygen atoms in total. The zero-order chi connectivity index (χ0) is 12.3. The maximum Gasteiger partial charge on any atom is 0.223 e. The van der Waals surface area contributed by atoms with Gasteiger partial charge in [-0.3, -0.25) is 4.79 Å². The second kappa shape index (κ2) is 9.01. The normalized spacial score (nSPS) is 30.5. The van der Waals surface area contributed by atoms with Crippen LogP contribution in [0.4, 0.5) is 0 Å². The van der Waals surface area contributed by atoms with E-state index in [1.807, 2.05) is 0 Å². The Bertz CT molecular complexity index is 279. The average molecular weight is 312 g/mol. The highest BCUT2D eigenvalue weighted by Gasteiger charge is 2.28. The SMILES string of the molecule is CCN1CCC(CNC(=O)C2CCC(N)C2)C1.Cl.Cl. The molecule has 0 aromatic rings. The Morgan fingerprint density at radius 3 is 2.58 bits per heavy atom. The summed E-state index contributed by atoms with van der Waals surface area (Å²) >= 11 is 0. The van der Waals surface area contributed by atoms with Gasteiger partial charge in [-0.1, -0.05) is 6.92 Å². The molecule has 3 atom stereocenters. The standard InChI is InChI=1S/C13H25N3O.2ClH/c1-2-16-6-5-10(9-16)8-15-13(17)11-3-4-12(14)7-11;;/h10-12H,2-9,14H2,1H3,(H,15,17);2*1H. The average Bonchev–Trinajstić information content (AvgIpc) is 2.94. The van der Waals surface area contributed by atoms with Crippen molar-refractivity contribution >= 4 is 30.7 Å². The van der Waals surface area contributed by atoms with Gasteiger partial charge in [0.2, 0.25) is 5.91 Å². The van der Waals surface area contributed by atoms with Crippen LogP contribution >= 0.6 is 24.8 Å². The van der Waals surface area contributed by atoms with Crippen LogP contribution in [0.25, 0.3) is 0 Å². The molecule has 19 heavy (non-hydrogen) atoms. The van der Waals surface area contributed by atoms with Crippen molar-refractivity contribution < 1.29 is 4.79 Å². The fourth-order valence-electron chi connectivity index (χ4n) is 3.01. The van der Waals surface area contributed by atoms with E-state index in [4.69, 9.17) is 5.73 Å². The van der Waals surface area contributed by atoms with Crippen LogP contribution in [-0.4, -0.2) is 43.0 Å². The minimum atomic E-state index is 0. The number of carbonyl (C=O) groups excluding carboxylic acids is 1. The van der Waals surface area contributed by atoms with Gasteiger partial charge in [-0.2, -0.15) is 0 Å². The molecule has 1 saturated heterocycles. The van der Waals surface area contributed by atoms with Crippen molar-refractivity contribution in [2.75, 3.05) is 26.2 Å².